The molecule has 1 aliphatic heterocycles. The summed E-state index contributed by atoms with van der Waals surface area (Å²) in [6.07, 6.45) is 9.73. The topological polar surface area (TPSA) is 59.1 Å². The Kier molecular flexibility index (Phi) is 5.08. The molecule has 2 aliphatic rings. The minimum Gasteiger partial charge on any atom is -0.375 e. The summed E-state index contributed by atoms with van der Waals surface area (Å²) < 4.78 is 5.83. The Morgan fingerprint density at radius 2 is 2.26 bits per heavy atom. The van der Waals surface area contributed by atoms with Gasteiger partial charge in [-0.05, 0) is 30.9 Å². The molecule has 5 nitrogen and oxygen atoms in total. The summed E-state index contributed by atoms with van der Waals surface area (Å²) in [5.74, 6) is 1.55. The maximum absolute atomic E-state index is 5.83. The lowest BCUT2D eigenvalue weighted by molar-refractivity contribution is 0.00355. The quantitative estimate of drug-likeness (QED) is 0.895. The highest BCUT2D eigenvalue weighted by atomic mass is 16.5. The molecule has 1 unspecified atom stereocenters. The first kappa shape index (κ1) is 16.1. The van der Waals surface area contributed by atoms with Crippen molar-refractivity contribution in [3.63, 3.8) is 0 Å². The van der Waals surface area contributed by atoms with Gasteiger partial charge < -0.3 is 15.4 Å². The maximum Gasteiger partial charge on any atom is 0.227 e. The van der Waals surface area contributed by atoms with E-state index in [0.717, 1.165) is 37.5 Å². The molecule has 2 N–H and O–H groups in total. The minimum atomic E-state index is 0.279. The molecule has 23 heavy (non-hydrogen) atoms. The second kappa shape index (κ2) is 7.23. The molecule has 3 rings (SSSR count). The molecular weight excluding hydrogens is 288 g/mol. The van der Waals surface area contributed by atoms with Gasteiger partial charge in [-0.15, -0.1) is 0 Å². The van der Waals surface area contributed by atoms with E-state index in [9.17, 15) is 0 Å². The van der Waals surface area contributed by atoms with Crippen molar-refractivity contribution in [2.24, 2.45) is 5.92 Å². The number of ether oxygens (including phenoxy) is 1. The summed E-state index contributed by atoms with van der Waals surface area (Å²) in [5.41, 5.74) is 3.30. The highest BCUT2D eigenvalue weighted by molar-refractivity contribution is 5.42. The predicted octanol–water partition coefficient (Wildman–Crippen LogP) is 2.77. The third-order valence-corrected chi connectivity index (χ3v) is 4.46. The van der Waals surface area contributed by atoms with Crippen molar-refractivity contribution in [2.75, 3.05) is 25.0 Å². The van der Waals surface area contributed by atoms with Crippen LogP contribution in [0.1, 0.15) is 37.4 Å². The van der Waals surface area contributed by atoms with Gasteiger partial charge in [0, 0.05) is 36.6 Å². The number of hydrogen-bond donors (Lipinski definition) is 2. The number of rotatable bonds is 4. The van der Waals surface area contributed by atoms with E-state index in [2.05, 4.69) is 52.7 Å². The molecule has 0 radical (unpaired) electrons. The normalized spacial score (nSPS) is 24.6. The molecule has 0 saturated carbocycles. The summed E-state index contributed by atoms with van der Waals surface area (Å²) in [4.78, 5) is 9.00. The lowest BCUT2D eigenvalue weighted by atomic mass is 9.93. The molecular formula is C18H26N4O. The average molecular weight is 314 g/mol. The highest BCUT2D eigenvalue weighted by Crippen LogP contribution is 2.23. The lowest BCUT2D eigenvalue weighted by Crippen LogP contribution is -2.42. The van der Waals surface area contributed by atoms with Gasteiger partial charge in [-0.3, -0.25) is 0 Å². The zero-order valence-electron chi connectivity index (χ0n) is 14.2. The van der Waals surface area contributed by atoms with Crippen molar-refractivity contribution >= 4 is 5.95 Å². The summed E-state index contributed by atoms with van der Waals surface area (Å²) in [6.45, 7) is 9.06. The number of allylic oxidation sites excluding steroid dienone is 2. The first-order valence-electron chi connectivity index (χ1n) is 8.44. The number of aromatic nitrogens is 2. The summed E-state index contributed by atoms with van der Waals surface area (Å²) >= 11 is 0. The van der Waals surface area contributed by atoms with Gasteiger partial charge in [0.15, 0.2) is 0 Å². The number of aryl methyl sites for hydroxylation is 1. The number of morpholine rings is 1. The molecule has 1 fully saturated rings. The van der Waals surface area contributed by atoms with Crippen LogP contribution in [0.4, 0.5) is 5.95 Å². The standard InChI is InChI=1S/C18H26N4O/c1-12(2)16-10-20-18(21-13(16)3)22-15-6-4-14(5-7-15)17-11-19-8-9-23-17/h4,6-7,10,12,14,17,19H,5,8-9,11H2,1-3H3,(H,20,21,22)/t14?,17-/m1/s1. The van der Waals surface area contributed by atoms with Crippen LogP contribution in [0.5, 0.6) is 0 Å². The SMILES string of the molecule is Cc1nc(NC2=CCC([C@H]3CNCCO3)C=C2)ncc1C(C)C. The molecule has 0 bridgehead atoms. The summed E-state index contributed by atoms with van der Waals surface area (Å²) in [7, 11) is 0. The first-order chi connectivity index (χ1) is 11.1. The van der Waals surface area contributed by atoms with Gasteiger partial charge in [0.25, 0.3) is 0 Å². The van der Waals surface area contributed by atoms with Crippen molar-refractivity contribution in [1.29, 1.82) is 0 Å². The fourth-order valence-electron chi connectivity index (χ4n) is 3.10. The zero-order valence-corrected chi connectivity index (χ0v) is 14.2. The zero-order chi connectivity index (χ0) is 16.2. The van der Waals surface area contributed by atoms with E-state index < -0.39 is 0 Å². The van der Waals surface area contributed by atoms with Crippen LogP contribution in [0.3, 0.4) is 0 Å². The Morgan fingerprint density at radius 3 is 2.87 bits per heavy atom. The van der Waals surface area contributed by atoms with Crippen molar-refractivity contribution in [2.45, 2.75) is 39.2 Å². The van der Waals surface area contributed by atoms with E-state index in [1.54, 1.807) is 0 Å². The van der Waals surface area contributed by atoms with Crippen LogP contribution in [0.15, 0.2) is 30.1 Å². The van der Waals surface area contributed by atoms with Crippen LogP contribution in [0, 0.1) is 12.8 Å². The Balaban J connectivity index is 1.60. The van der Waals surface area contributed by atoms with Crippen LogP contribution >= 0.6 is 0 Å². The van der Waals surface area contributed by atoms with E-state index in [4.69, 9.17) is 4.74 Å². The van der Waals surface area contributed by atoms with Gasteiger partial charge in [0.05, 0.1) is 12.7 Å². The highest BCUT2D eigenvalue weighted by Gasteiger charge is 2.23. The molecule has 0 aromatic carbocycles. The van der Waals surface area contributed by atoms with Crippen LogP contribution < -0.4 is 10.6 Å². The van der Waals surface area contributed by atoms with E-state index >= 15 is 0 Å². The van der Waals surface area contributed by atoms with E-state index in [0.29, 0.717) is 17.8 Å². The number of nitrogens with zero attached hydrogens (tertiary/aromatic N) is 2. The van der Waals surface area contributed by atoms with Crippen molar-refractivity contribution in [3.8, 4) is 0 Å². The third-order valence-electron chi connectivity index (χ3n) is 4.46. The molecule has 0 spiro atoms. The molecule has 2 atom stereocenters. The fraction of sp³-hybridized carbons (Fsp3) is 0.556. The smallest absolute Gasteiger partial charge is 0.227 e. The molecule has 1 aromatic heterocycles. The van der Waals surface area contributed by atoms with Crippen LogP contribution in [0.25, 0.3) is 0 Å². The molecule has 124 valence electrons. The Morgan fingerprint density at radius 1 is 1.39 bits per heavy atom. The fourth-order valence-corrected chi connectivity index (χ4v) is 3.10. The second-order valence-corrected chi connectivity index (χ2v) is 6.55. The predicted molar refractivity (Wildman–Crippen MR) is 92.4 cm³/mol. The Hall–Kier alpha value is -1.72. The summed E-state index contributed by atoms with van der Waals surface area (Å²) in [5, 5.41) is 6.70. The molecule has 2 heterocycles. The molecule has 0 amide bonds. The summed E-state index contributed by atoms with van der Waals surface area (Å²) in [6, 6.07) is 0. The van der Waals surface area contributed by atoms with Crippen molar-refractivity contribution < 1.29 is 4.74 Å². The van der Waals surface area contributed by atoms with Crippen molar-refractivity contribution in [3.05, 3.63) is 41.4 Å². The van der Waals surface area contributed by atoms with E-state index in [-0.39, 0.29) is 6.10 Å². The van der Waals surface area contributed by atoms with Crippen molar-refractivity contribution in [1.82, 2.24) is 15.3 Å². The van der Waals surface area contributed by atoms with Gasteiger partial charge in [-0.1, -0.05) is 26.0 Å². The van der Waals surface area contributed by atoms with Gasteiger partial charge in [0.2, 0.25) is 5.95 Å². The molecule has 1 aromatic rings. The number of nitrogens with one attached hydrogen (secondary N) is 2. The van der Waals surface area contributed by atoms with Gasteiger partial charge in [-0.25, -0.2) is 9.97 Å². The second-order valence-electron chi connectivity index (χ2n) is 6.55. The minimum absolute atomic E-state index is 0.279. The average Bonchev–Trinajstić information content (AvgIpc) is 2.56. The molecule has 1 saturated heterocycles. The Labute approximate surface area is 138 Å². The Bertz CT molecular complexity index is 603. The van der Waals surface area contributed by atoms with Gasteiger partial charge in [0.1, 0.15) is 0 Å². The lowest BCUT2D eigenvalue weighted by Gasteiger charge is -2.30. The molecule has 5 heteroatoms. The largest absolute Gasteiger partial charge is 0.375 e. The van der Waals surface area contributed by atoms with E-state index in [1.807, 2.05) is 13.1 Å². The van der Waals surface area contributed by atoms with Gasteiger partial charge >= 0.3 is 0 Å². The van der Waals surface area contributed by atoms with Crippen LogP contribution in [0.2, 0.25) is 0 Å². The van der Waals surface area contributed by atoms with E-state index in [1.165, 1.54) is 5.56 Å². The third kappa shape index (κ3) is 3.98. The monoisotopic (exact) mass is 314 g/mol. The number of anilines is 1. The van der Waals surface area contributed by atoms with Crippen LogP contribution in [-0.4, -0.2) is 35.8 Å². The molecule has 1 aliphatic carbocycles. The maximum atomic E-state index is 5.83. The number of hydrogen-bond acceptors (Lipinski definition) is 5. The van der Waals surface area contributed by atoms with Gasteiger partial charge in [-0.2, -0.15) is 0 Å². The van der Waals surface area contributed by atoms with Crippen LogP contribution in [-0.2, 0) is 4.74 Å². The first-order valence-corrected chi connectivity index (χ1v) is 8.44.